The highest BCUT2D eigenvalue weighted by atomic mass is 16.5. The molecule has 0 spiro atoms. The highest BCUT2D eigenvalue weighted by molar-refractivity contribution is 5.88. The van der Waals surface area contributed by atoms with E-state index in [0.29, 0.717) is 17.2 Å². The van der Waals surface area contributed by atoms with Crippen LogP contribution in [0.3, 0.4) is 0 Å². The van der Waals surface area contributed by atoms with Crippen molar-refractivity contribution in [2.75, 3.05) is 14.2 Å². The van der Waals surface area contributed by atoms with E-state index in [-0.39, 0.29) is 11.4 Å². The van der Waals surface area contributed by atoms with Crippen LogP contribution in [-0.4, -0.2) is 45.9 Å². The number of methoxy groups -OCH3 is 2. The molecule has 3 aromatic rings. The molecule has 0 unspecified atom stereocenters. The highest BCUT2D eigenvalue weighted by Crippen LogP contribution is 2.17. The second-order valence-electron chi connectivity index (χ2n) is 4.92. The van der Waals surface area contributed by atoms with Gasteiger partial charge in [0.2, 0.25) is 0 Å². The van der Waals surface area contributed by atoms with E-state index < -0.39 is 11.9 Å². The van der Waals surface area contributed by atoms with Crippen LogP contribution in [0.1, 0.15) is 21.0 Å². The van der Waals surface area contributed by atoms with E-state index in [1.165, 1.54) is 18.9 Å². The van der Waals surface area contributed by atoms with Gasteiger partial charge in [-0.25, -0.2) is 24.2 Å². The Hall–Kier alpha value is -3.55. The van der Waals surface area contributed by atoms with Gasteiger partial charge in [0, 0.05) is 6.20 Å². The van der Waals surface area contributed by atoms with Crippen molar-refractivity contribution in [2.24, 2.45) is 0 Å². The average Bonchev–Trinajstić information content (AvgIpc) is 3.17. The van der Waals surface area contributed by atoms with Crippen LogP contribution in [0.15, 0.2) is 48.7 Å². The Morgan fingerprint density at radius 1 is 0.840 bits per heavy atom. The van der Waals surface area contributed by atoms with Crippen LogP contribution in [0.4, 0.5) is 0 Å². The third-order valence-corrected chi connectivity index (χ3v) is 3.36. The Bertz CT molecular complexity index is 862. The van der Waals surface area contributed by atoms with Crippen LogP contribution < -0.4 is 0 Å². The molecule has 0 aliphatic carbocycles. The molecule has 0 saturated heterocycles. The van der Waals surface area contributed by atoms with E-state index in [1.807, 2.05) is 0 Å². The maximum absolute atomic E-state index is 11.6. The van der Waals surface area contributed by atoms with Crippen LogP contribution >= 0.6 is 0 Å². The summed E-state index contributed by atoms with van der Waals surface area (Å²) in [7, 11) is 2.59. The lowest BCUT2D eigenvalue weighted by Crippen LogP contribution is -2.07. The molecular formula is C17H14N4O4. The van der Waals surface area contributed by atoms with Gasteiger partial charge in [-0.15, -0.1) is 0 Å². The SMILES string of the molecule is COC(=O)c1cccc(-c2ccn(-c3cccc(C(=O)OC)n3)n2)n1. The standard InChI is InChI=1S/C17H14N4O4/c1-24-16(22)13-6-3-5-11(18-13)12-9-10-21(20-12)15-8-4-7-14(19-15)17(23)25-2/h3-10H,1-2H3. The number of aromatic nitrogens is 4. The van der Waals surface area contributed by atoms with Crippen molar-refractivity contribution in [3.8, 4) is 17.2 Å². The molecule has 25 heavy (non-hydrogen) atoms. The van der Waals surface area contributed by atoms with Crippen LogP contribution in [-0.2, 0) is 9.47 Å². The van der Waals surface area contributed by atoms with Gasteiger partial charge in [-0.3, -0.25) is 0 Å². The predicted octanol–water partition coefficient (Wildman–Crippen LogP) is 1.90. The van der Waals surface area contributed by atoms with Gasteiger partial charge in [-0.1, -0.05) is 12.1 Å². The van der Waals surface area contributed by atoms with Crippen molar-refractivity contribution in [1.29, 1.82) is 0 Å². The number of hydrogen-bond donors (Lipinski definition) is 0. The lowest BCUT2D eigenvalue weighted by molar-refractivity contribution is 0.0585. The van der Waals surface area contributed by atoms with Gasteiger partial charge in [0.05, 0.1) is 19.9 Å². The molecule has 3 rings (SSSR count). The minimum Gasteiger partial charge on any atom is -0.464 e. The summed E-state index contributed by atoms with van der Waals surface area (Å²) in [6.45, 7) is 0. The zero-order valence-corrected chi connectivity index (χ0v) is 13.5. The number of hydrogen-bond acceptors (Lipinski definition) is 7. The summed E-state index contributed by atoms with van der Waals surface area (Å²) in [4.78, 5) is 31.6. The Morgan fingerprint density at radius 3 is 2.16 bits per heavy atom. The monoisotopic (exact) mass is 338 g/mol. The zero-order chi connectivity index (χ0) is 17.8. The summed E-state index contributed by atoms with van der Waals surface area (Å²) < 4.78 is 10.8. The first-order valence-corrected chi connectivity index (χ1v) is 7.29. The largest absolute Gasteiger partial charge is 0.464 e. The van der Waals surface area contributed by atoms with E-state index >= 15 is 0 Å². The molecule has 0 fully saturated rings. The predicted molar refractivity (Wildman–Crippen MR) is 87.3 cm³/mol. The highest BCUT2D eigenvalue weighted by Gasteiger charge is 2.12. The third kappa shape index (κ3) is 3.37. The average molecular weight is 338 g/mol. The maximum Gasteiger partial charge on any atom is 0.356 e. The van der Waals surface area contributed by atoms with Crippen molar-refractivity contribution >= 4 is 11.9 Å². The van der Waals surface area contributed by atoms with Crippen LogP contribution in [0.5, 0.6) is 0 Å². The van der Waals surface area contributed by atoms with Gasteiger partial charge in [-0.05, 0) is 30.3 Å². The first-order chi connectivity index (χ1) is 12.1. The molecule has 0 radical (unpaired) electrons. The summed E-state index contributed by atoms with van der Waals surface area (Å²) >= 11 is 0. The normalized spacial score (nSPS) is 10.3. The second kappa shape index (κ2) is 6.91. The fourth-order valence-electron chi connectivity index (χ4n) is 2.15. The van der Waals surface area contributed by atoms with Crippen molar-refractivity contribution in [3.05, 3.63) is 60.0 Å². The second-order valence-corrected chi connectivity index (χ2v) is 4.92. The fraction of sp³-hybridized carbons (Fsp3) is 0.118. The first kappa shape index (κ1) is 16.3. The molecule has 126 valence electrons. The summed E-state index contributed by atoms with van der Waals surface area (Å²) in [6, 6.07) is 11.7. The minimum absolute atomic E-state index is 0.183. The summed E-state index contributed by atoms with van der Waals surface area (Å²) in [6.07, 6.45) is 1.69. The van der Waals surface area contributed by atoms with Crippen molar-refractivity contribution in [1.82, 2.24) is 19.7 Å². The number of carbonyl (C=O) groups is 2. The van der Waals surface area contributed by atoms with Gasteiger partial charge in [-0.2, -0.15) is 5.10 Å². The van der Waals surface area contributed by atoms with Gasteiger partial charge in [0.1, 0.15) is 11.4 Å². The summed E-state index contributed by atoms with van der Waals surface area (Å²) in [5.41, 5.74) is 1.45. The molecule has 3 aromatic heterocycles. The molecule has 0 bridgehead atoms. The molecular weight excluding hydrogens is 324 g/mol. The number of rotatable bonds is 4. The van der Waals surface area contributed by atoms with E-state index in [2.05, 4.69) is 24.5 Å². The van der Waals surface area contributed by atoms with Gasteiger partial charge < -0.3 is 9.47 Å². The van der Waals surface area contributed by atoms with E-state index in [4.69, 9.17) is 0 Å². The number of carbonyl (C=O) groups excluding carboxylic acids is 2. The molecule has 3 heterocycles. The summed E-state index contributed by atoms with van der Waals surface area (Å²) in [5, 5.41) is 4.39. The number of pyridine rings is 2. The molecule has 8 heteroatoms. The van der Waals surface area contributed by atoms with Crippen LogP contribution in [0, 0.1) is 0 Å². The van der Waals surface area contributed by atoms with Gasteiger partial charge in [0.15, 0.2) is 11.5 Å². The molecule has 0 aliphatic rings. The quantitative estimate of drug-likeness (QED) is 0.670. The lowest BCUT2D eigenvalue weighted by atomic mass is 10.2. The van der Waals surface area contributed by atoms with E-state index in [0.717, 1.165) is 0 Å². The summed E-state index contributed by atoms with van der Waals surface area (Å²) in [5.74, 6) is -0.589. The van der Waals surface area contributed by atoms with Crippen molar-refractivity contribution < 1.29 is 19.1 Å². The van der Waals surface area contributed by atoms with Gasteiger partial charge in [0.25, 0.3) is 0 Å². The fourth-order valence-corrected chi connectivity index (χ4v) is 2.15. The molecule has 0 aliphatic heterocycles. The van der Waals surface area contributed by atoms with Crippen molar-refractivity contribution in [2.45, 2.75) is 0 Å². The van der Waals surface area contributed by atoms with Crippen LogP contribution in [0.2, 0.25) is 0 Å². The third-order valence-electron chi connectivity index (χ3n) is 3.36. The zero-order valence-electron chi connectivity index (χ0n) is 13.5. The van der Waals surface area contributed by atoms with Crippen LogP contribution in [0.25, 0.3) is 17.2 Å². The Balaban J connectivity index is 1.93. The van der Waals surface area contributed by atoms with E-state index in [9.17, 15) is 9.59 Å². The first-order valence-electron chi connectivity index (χ1n) is 7.29. The molecule has 0 N–H and O–H groups in total. The molecule has 0 amide bonds. The molecule has 0 atom stereocenters. The number of nitrogens with zero attached hydrogens (tertiary/aromatic N) is 4. The maximum atomic E-state index is 11.6. The molecule has 8 nitrogen and oxygen atoms in total. The van der Waals surface area contributed by atoms with E-state index in [1.54, 1.807) is 48.7 Å². The Labute approximate surface area is 143 Å². The number of esters is 2. The number of ether oxygens (including phenoxy) is 2. The minimum atomic E-state index is -0.526. The Morgan fingerprint density at radius 2 is 1.48 bits per heavy atom. The smallest absolute Gasteiger partial charge is 0.356 e. The van der Waals surface area contributed by atoms with Crippen molar-refractivity contribution in [3.63, 3.8) is 0 Å². The molecule has 0 saturated carbocycles. The lowest BCUT2D eigenvalue weighted by Gasteiger charge is -2.03. The topological polar surface area (TPSA) is 96.2 Å². The Kier molecular flexibility index (Phi) is 4.51. The molecule has 0 aromatic carbocycles. The van der Waals surface area contributed by atoms with Gasteiger partial charge >= 0.3 is 11.9 Å².